The van der Waals surface area contributed by atoms with Crippen LogP contribution in [0, 0.1) is 35.5 Å². The second-order valence-electron chi connectivity index (χ2n) is 13.2. The van der Waals surface area contributed by atoms with Gasteiger partial charge in [-0.25, -0.2) is 11.0 Å². The molecule has 0 radical (unpaired) electrons. The molecule has 0 aromatic heterocycles. The molecule has 272 valence electrons. The van der Waals surface area contributed by atoms with Crippen LogP contribution in [0.4, 0.5) is 0 Å². The zero-order valence-corrected chi connectivity index (χ0v) is 29.5. The molecule has 2 aromatic carbocycles. The Kier molecular flexibility index (Phi) is 17.1. The molecule has 0 aliphatic carbocycles. The Morgan fingerprint density at radius 1 is 0.740 bits per heavy atom. The van der Waals surface area contributed by atoms with E-state index in [0.717, 1.165) is 5.56 Å². The van der Waals surface area contributed by atoms with Crippen LogP contribution < -0.4 is 16.3 Å². The van der Waals surface area contributed by atoms with E-state index in [9.17, 15) is 34.7 Å². The number of rotatable bonds is 20. The molecular weight excluding hydrogens is 640 g/mol. The highest BCUT2D eigenvalue weighted by Gasteiger charge is 2.42. The first kappa shape index (κ1) is 41.4. The fourth-order valence-electron chi connectivity index (χ4n) is 6.27. The minimum Gasteiger partial charge on any atom is -0.481 e. The predicted molar refractivity (Wildman–Crippen MR) is 189 cm³/mol. The quantitative estimate of drug-likeness (QED) is 0.0647. The van der Waals surface area contributed by atoms with Crippen molar-refractivity contribution in [2.75, 3.05) is 7.05 Å². The van der Waals surface area contributed by atoms with E-state index in [1.807, 2.05) is 58.0 Å². The van der Waals surface area contributed by atoms with Gasteiger partial charge >= 0.3 is 5.97 Å². The Morgan fingerprint density at radius 3 is 1.70 bits per heavy atom. The number of amides is 4. The van der Waals surface area contributed by atoms with E-state index in [0.29, 0.717) is 5.56 Å². The molecule has 0 aliphatic rings. The molecule has 5 atom stereocenters. The Balaban J connectivity index is 3.01. The predicted octanol–water partition coefficient (Wildman–Crippen LogP) is 4.83. The molecule has 0 saturated carbocycles. The van der Waals surface area contributed by atoms with E-state index in [1.54, 1.807) is 47.4 Å². The topological polar surface area (TPSA) is 185 Å². The second-order valence-corrected chi connectivity index (χ2v) is 13.2. The lowest BCUT2D eigenvalue weighted by Crippen LogP contribution is -2.53. The summed E-state index contributed by atoms with van der Waals surface area (Å²) < 4.78 is 0. The van der Waals surface area contributed by atoms with Gasteiger partial charge in [-0.05, 0) is 48.6 Å². The van der Waals surface area contributed by atoms with Crippen LogP contribution in [0.25, 0.3) is 5.70 Å². The van der Waals surface area contributed by atoms with Crippen molar-refractivity contribution in [3.05, 3.63) is 90.5 Å². The smallest absolute Gasteiger partial charge is 0.307 e. The van der Waals surface area contributed by atoms with Crippen molar-refractivity contribution >= 4 is 35.3 Å². The molecule has 0 bridgehead atoms. The first-order chi connectivity index (χ1) is 23.8. The molecular formula is C38H52N4O8. The molecule has 0 aliphatic heterocycles. The van der Waals surface area contributed by atoms with E-state index >= 15 is 4.79 Å². The van der Waals surface area contributed by atoms with Crippen LogP contribution in [0.2, 0.25) is 0 Å². The minimum atomic E-state index is -1.25. The number of likely N-dealkylation sites (N-methyl/N-ethyl adjacent to an activating group) is 1. The van der Waals surface area contributed by atoms with Crippen LogP contribution in [0.1, 0.15) is 64.5 Å². The summed E-state index contributed by atoms with van der Waals surface area (Å²) in [4.78, 5) is 69.0. The number of hydrogen-bond acceptors (Lipinski definition) is 7. The fourth-order valence-corrected chi connectivity index (χ4v) is 6.27. The van der Waals surface area contributed by atoms with Gasteiger partial charge in [-0.2, -0.15) is 0 Å². The number of hydrogen-bond donors (Lipinski definition) is 6. The molecule has 2 rings (SSSR count). The first-order valence-corrected chi connectivity index (χ1v) is 16.9. The number of carboxylic acids is 1. The monoisotopic (exact) mass is 692 g/mol. The highest BCUT2D eigenvalue weighted by molar-refractivity contribution is 5.97. The molecule has 50 heavy (non-hydrogen) atoms. The third-order valence-electron chi connectivity index (χ3n) is 8.64. The summed E-state index contributed by atoms with van der Waals surface area (Å²) in [6, 6.07) is 16.6. The Labute approximate surface area is 294 Å². The third kappa shape index (κ3) is 11.7. The Hall–Kier alpha value is -4.81. The molecule has 0 saturated heterocycles. The van der Waals surface area contributed by atoms with Gasteiger partial charge in [0, 0.05) is 19.2 Å². The zero-order valence-electron chi connectivity index (χ0n) is 29.5. The number of allylic oxidation sites excluding steroid dienone is 2. The average molecular weight is 693 g/mol. The van der Waals surface area contributed by atoms with Gasteiger partial charge in [-0.15, -0.1) is 6.58 Å². The number of nitrogens with one attached hydrogen (secondary N) is 3. The lowest BCUT2D eigenvalue weighted by atomic mass is 9.80. The van der Waals surface area contributed by atoms with Gasteiger partial charge in [0.25, 0.3) is 0 Å². The van der Waals surface area contributed by atoms with E-state index in [1.165, 1.54) is 18.0 Å². The van der Waals surface area contributed by atoms with Crippen molar-refractivity contribution in [1.82, 2.24) is 21.2 Å². The third-order valence-corrected chi connectivity index (χ3v) is 8.64. The van der Waals surface area contributed by atoms with Crippen LogP contribution in [0.5, 0.6) is 0 Å². The number of benzene rings is 2. The maximum atomic E-state index is 15.2. The normalized spacial score (nSPS) is 14.5. The summed E-state index contributed by atoms with van der Waals surface area (Å²) in [5.74, 6) is -8.72. The standard InChI is InChI=1S/C38H52N4O8/c1-7-14-28(34(43)40-49)30(21-24(2)3)37(46)42(33(36(45)39-6)23-26-15-10-8-11-16-26)32(27-17-12-9-13-18-27)20-19-29(35(44)41-50)31(38(47)48)22-25(4)5/h7-13,15-18,20,24-25,28-31,33,49-50H,1,14,19,21-23H2,2-6H3,(H,39,45)(H,40,43)(H,41,44)(H,47,48)/t28-,29?,30+,31?,33-/m0/s1. The van der Waals surface area contributed by atoms with Gasteiger partial charge in [0.1, 0.15) is 6.04 Å². The molecule has 6 N–H and O–H groups in total. The van der Waals surface area contributed by atoms with Gasteiger partial charge < -0.3 is 10.4 Å². The summed E-state index contributed by atoms with van der Waals surface area (Å²) in [6.07, 6.45) is 3.26. The maximum Gasteiger partial charge on any atom is 0.307 e. The van der Waals surface area contributed by atoms with Crippen molar-refractivity contribution in [2.45, 2.75) is 65.8 Å². The van der Waals surface area contributed by atoms with Gasteiger partial charge in [0.05, 0.1) is 23.7 Å². The average Bonchev–Trinajstić information content (AvgIpc) is 3.10. The summed E-state index contributed by atoms with van der Waals surface area (Å²) >= 11 is 0. The Morgan fingerprint density at radius 2 is 1.24 bits per heavy atom. The van der Waals surface area contributed by atoms with Crippen molar-refractivity contribution in [1.29, 1.82) is 0 Å². The zero-order chi connectivity index (χ0) is 37.4. The molecule has 12 heteroatoms. The summed E-state index contributed by atoms with van der Waals surface area (Å²) in [6.45, 7) is 11.2. The molecule has 0 heterocycles. The highest BCUT2D eigenvalue weighted by atomic mass is 16.5. The molecule has 12 nitrogen and oxygen atoms in total. The molecule has 0 fully saturated rings. The summed E-state index contributed by atoms with van der Waals surface area (Å²) in [5.41, 5.74) is 4.72. The Bertz CT molecular complexity index is 1460. The number of aliphatic carboxylic acids is 1. The van der Waals surface area contributed by atoms with E-state index in [4.69, 9.17) is 0 Å². The summed E-state index contributed by atoms with van der Waals surface area (Å²) in [5, 5.41) is 32.2. The van der Waals surface area contributed by atoms with Gasteiger partial charge in [0.2, 0.25) is 23.6 Å². The van der Waals surface area contributed by atoms with Gasteiger partial charge in [-0.3, -0.25) is 39.3 Å². The first-order valence-electron chi connectivity index (χ1n) is 16.9. The number of carbonyl (C=O) groups excluding carboxylic acids is 4. The van der Waals surface area contributed by atoms with Crippen LogP contribution >= 0.6 is 0 Å². The number of carbonyl (C=O) groups is 5. The minimum absolute atomic E-state index is 0.0469. The van der Waals surface area contributed by atoms with E-state index in [2.05, 4.69) is 11.9 Å². The SMILES string of the molecule is C=CC[C@H](C(=O)NO)[C@@H](CC(C)C)C(=O)N(C(=CCC(C(=O)NO)C(CC(C)C)C(=O)O)c1ccccc1)[C@@H](Cc1ccccc1)C(=O)NC. The lowest BCUT2D eigenvalue weighted by Gasteiger charge is -2.38. The molecule has 2 unspecified atom stereocenters. The number of hydroxylamine groups is 2. The lowest BCUT2D eigenvalue weighted by molar-refractivity contribution is -0.150. The van der Waals surface area contributed by atoms with Crippen molar-refractivity contribution < 1.29 is 39.5 Å². The van der Waals surface area contributed by atoms with E-state index < -0.39 is 59.3 Å². The van der Waals surface area contributed by atoms with Gasteiger partial charge in [-0.1, -0.05) is 101 Å². The van der Waals surface area contributed by atoms with Crippen LogP contribution in [-0.4, -0.2) is 63.1 Å². The number of carboxylic acid groups (broad SMARTS) is 1. The van der Waals surface area contributed by atoms with Crippen molar-refractivity contribution in [2.24, 2.45) is 35.5 Å². The van der Waals surface area contributed by atoms with E-state index in [-0.39, 0.29) is 49.6 Å². The molecule has 4 amide bonds. The van der Waals surface area contributed by atoms with Crippen LogP contribution in [-0.2, 0) is 30.4 Å². The molecule has 0 spiro atoms. The fraction of sp³-hybridized carbons (Fsp3) is 0.447. The highest BCUT2D eigenvalue weighted by Crippen LogP contribution is 2.34. The maximum absolute atomic E-state index is 15.2. The summed E-state index contributed by atoms with van der Waals surface area (Å²) in [7, 11) is 1.45. The van der Waals surface area contributed by atoms with Crippen LogP contribution in [0.3, 0.4) is 0 Å². The number of nitrogens with zero attached hydrogens (tertiary/aromatic N) is 1. The van der Waals surface area contributed by atoms with Crippen LogP contribution in [0.15, 0.2) is 79.4 Å². The van der Waals surface area contributed by atoms with Crippen molar-refractivity contribution in [3.8, 4) is 0 Å². The largest absolute Gasteiger partial charge is 0.481 e. The second kappa shape index (κ2) is 20.6. The van der Waals surface area contributed by atoms with Crippen molar-refractivity contribution in [3.63, 3.8) is 0 Å². The molecule has 2 aromatic rings. The van der Waals surface area contributed by atoms with Gasteiger partial charge in [0.15, 0.2) is 0 Å².